The van der Waals surface area contributed by atoms with E-state index in [1.807, 2.05) is 18.2 Å². The first-order valence-corrected chi connectivity index (χ1v) is 11.3. The topological polar surface area (TPSA) is 84.9 Å². The Balaban J connectivity index is 1.49. The van der Waals surface area contributed by atoms with Gasteiger partial charge < -0.3 is 14.8 Å². The number of sulfonamides is 1. The molecule has 0 bridgehead atoms. The Labute approximate surface area is 169 Å². The molecule has 3 aliphatic rings. The molecule has 1 amide bonds. The van der Waals surface area contributed by atoms with E-state index in [1.54, 1.807) is 29.4 Å². The predicted octanol–water partition coefficient (Wildman–Crippen LogP) is 3.04. The lowest BCUT2D eigenvalue weighted by Gasteiger charge is -2.26. The van der Waals surface area contributed by atoms with E-state index in [0.29, 0.717) is 36.9 Å². The Kier molecular flexibility index (Phi) is 4.29. The average molecular weight is 414 g/mol. The van der Waals surface area contributed by atoms with Gasteiger partial charge in [-0.15, -0.1) is 0 Å². The van der Waals surface area contributed by atoms with E-state index in [4.69, 9.17) is 9.47 Å². The number of nitrogens with zero attached hydrogens (tertiary/aromatic N) is 1. The second-order valence-electron chi connectivity index (χ2n) is 7.64. The quantitative estimate of drug-likeness (QED) is 0.835. The van der Waals surface area contributed by atoms with Gasteiger partial charge in [0.1, 0.15) is 13.2 Å². The molecule has 3 heterocycles. The third-order valence-corrected chi connectivity index (χ3v) is 7.81. The molecule has 2 atom stereocenters. The molecule has 2 aromatic rings. The van der Waals surface area contributed by atoms with Crippen LogP contribution in [-0.2, 0) is 14.8 Å². The van der Waals surface area contributed by atoms with E-state index >= 15 is 0 Å². The number of nitrogens with one attached hydrogen (secondary N) is 1. The summed E-state index contributed by atoms with van der Waals surface area (Å²) >= 11 is 0. The van der Waals surface area contributed by atoms with Gasteiger partial charge in [0.25, 0.3) is 0 Å². The number of benzene rings is 2. The van der Waals surface area contributed by atoms with Crippen LogP contribution in [0.3, 0.4) is 0 Å². The Morgan fingerprint density at radius 1 is 1.07 bits per heavy atom. The number of carbonyl (C=O) groups is 1. The molecular formula is C21H22N2O5S. The van der Waals surface area contributed by atoms with Crippen molar-refractivity contribution >= 4 is 21.6 Å². The molecule has 1 fully saturated rings. The van der Waals surface area contributed by atoms with Crippen LogP contribution in [0.2, 0.25) is 0 Å². The molecule has 152 valence electrons. The van der Waals surface area contributed by atoms with Crippen LogP contribution in [0, 0.1) is 0 Å². The molecule has 0 aromatic heterocycles. The molecule has 1 saturated heterocycles. The lowest BCUT2D eigenvalue weighted by molar-refractivity contribution is -0.116. The standard InChI is InChI=1S/C21H22N2O5S/c1-13-16-12-15(5-6-17(16)22-21(13)24)29(25,26)23-8-2-3-18(23)14-4-7-19-20(11-14)28-10-9-27-19/h4-7,11-13,18H,2-3,8-10H2,1H3,(H,22,24)/t13-,18+/m0/s1. The summed E-state index contributed by atoms with van der Waals surface area (Å²) in [5.41, 5.74) is 2.32. The van der Waals surface area contributed by atoms with Crippen LogP contribution in [0.5, 0.6) is 11.5 Å². The monoisotopic (exact) mass is 414 g/mol. The van der Waals surface area contributed by atoms with Gasteiger partial charge >= 0.3 is 0 Å². The SMILES string of the molecule is C[C@@H]1C(=O)Nc2ccc(S(=O)(=O)N3CCC[C@@H]3c3ccc4c(c3)OCCO4)cc21. The van der Waals surface area contributed by atoms with Crippen molar-refractivity contribution in [1.29, 1.82) is 0 Å². The van der Waals surface area contributed by atoms with Crippen molar-refractivity contribution in [3.63, 3.8) is 0 Å². The molecule has 0 saturated carbocycles. The second kappa shape index (κ2) is 6.74. The molecule has 3 aliphatic heterocycles. The minimum absolute atomic E-state index is 0.107. The van der Waals surface area contributed by atoms with Crippen molar-refractivity contribution in [2.24, 2.45) is 0 Å². The molecule has 0 spiro atoms. The highest BCUT2D eigenvalue weighted by Gasteiger charge is 2.38. The zero-order valence-electron chi connectivity index (χ0n) is 16.1. The van der Waals surface area contributed by atoms with Crippen molar-refractivity contribution in [2.45, 2.75) is 36.6 Å². The van der Waals surface area contributed by atoms with E-state index in [2.05, 4.69) is 5.32 Å². The highest BCUT2D eigenvalue weighted by atomic mass is 32.2. The van der Waals surface area contributed by atoms with Crippen LogP contribution in [0.25, 0.3) is 0 Å². The fraction of sp³-hybridized carbons (Fsp3) is 0.381. The van der Waals surface area contributed by atoms with E-state index in [0.717, 1.165) is 24.0 Å². The van der Waals surface area contributed by atoms with Crippen LogP contribution in [0.15, 0.2) is 41.3 Å². The molecule has 0 radical (unpaired) electrons. The molecule has 29 heavy (non-hydrogen) atoms. The van der Waals surface area contributed by atoms with Crippen LogP contribution >= 0.6 is 0 Å². The van der Waals surface area contributed by atoms with Crippen molar-refractivity contribution in [2.75, 3.05) is 25.1 Å². The van der Waals surface area contributed by atoms with Crippen LogP contribution in [-0.4, -0.2) is 38.4 Å². The predicted molar refractivity (Wildman–Crippen MR) is 107 cm³/mol. The van der Waals surface area contributed by atoms with E-state index in [-0.39, 0.29) is 22.8 Å². The van der Waals surface area contributed by atoms with Gasteiger partial charge in [-0.2, -0.15) is 4.31 Å². The molecule has 0 aliphatic carbocycles. The highest BCUT2D eigenvalue weighted by molar-refractivity contribution is 7.89. The smallest absolute Gasteiger partial charge is 0.243 e. The van der Waals surface area contributed by atoms with Gasteiger partial charge in [-0.1, -0.05) is 6.07 Å². The van der Waals surface area contributed by atoms with Crippen molar-refractivity contribution in [3.05, 3.63) is 47.5 Å². The summed E-state index contributed by atoms with van der Waals surface area (Å²) in [6.45, 7) is 3.25. The first-order chi connectivity index (χ1) is 13.9. The Morgan fingerprint density at radius 2 is 1.86 bits per heavy atom. The van der Waals surface area contributed by atoms with Gasteiger partial charge in [0.15, 0.2) is 11.5 Å². The lowest BCUT2D eigenvalue weighted by Crippen LogP contribution is -2.31. The third kappa shape index (κ3) is 2.98. The molecule has 5 rings (SSSR count). The number of hydrogen-bond donors (Lipinski definition) is 1. The summed E-state index contributed by atoms with van der Waals surface area (Å²) < 4.78 is 39.7. The van der Waals surface area contributed by atoms with Gasteiger partial charge in [-0.05, 0) is 61.2 Å². The zero-order chi connectivity index (χ0) is 20.2. The summed E-state index contributed by atoms with van der Waals surface area (Å²) in [4.78, 5) is 12.1. The molecule has 1 N–H and O–H groups in total. The van der Waals surface area contributed by atoms with Crippen LogP contribution < -0.4 is 14.8 Å². The number of hydrogen-bond acceptors (Lipinski definition) is 5. The van der Waals surface area contributed by atoms with Crippen molar-refractivity contribution < 1.29 is 22.7 Å². The van der Waals surface area contributed by atoms with Crippen LogP contribution in [0.1, 0.15) is 42.9 Å². The maximum absolute atomic E-state index is 13.5. The van der Waals surface area contributed by atoms with E-state index < -0.39 is 10.0 Å². The summed E-state index contributed by atoms with van der Waals surface area (Å²) in [5, 5.41) is 2.79. The Morgan fingerprint density at radius 3 is 2.69 bits per heavy atom. The van der Waals surface area contributed by atoms with Gasteiger partial charge in [0.05, 0.1) is 16.9 Å². The minimum Gasteiger partial charge on any atom is -0.486 e. The number of rotatable bonds is 3. The van der Waals surface area contributed by atoms with Gasteiger partial charge in [-0.3, -0.25) is 4.79 Å². The molecule has 8 heteroatoms. The first-order valence-electron chi connectivity index (χ1n) is 9.81. The Hall–Kier alpha value is -2.58. The van der Waals surface area contributed by atoms with Crippen LogP contribution in [0.4, 0.5) is 5.69 Å². The van der Waals surface area contributed by atoms with Gasteiger partial charge in [0, 0.05) is 12.2 Å². The number of ether oxygens (including phenoxy) is 2. The molecule has 0 unspecified atom stereocenters. The molecule has 7 nitrogen and oxygen atoms in total. The van der Waals surface area contributed by atoms with Crippen molar-refractivity contribution in [3.8, 4) is 11.5 Å². The average Bonchev–Trinajstić information content (AvgIpc) is 3.33. The number of fused-ring (bicyclic) bond motifs is 2. The lowest BCUT2D eigenvalue weighted by atomic mass is 10.0. The second-order valence-corrected chi connectivity index (χ2v) is 9.53. The minimum atomic E-state index is -3.70. The van der Waals surface area contributed by atoms with Gasteiger partial charge in [-0.25, -0.2) is 8.42 Å². The third-order valence-electron chi connectivity index (χ3n) is 5.90. The van der Waals surface area contributed by atoms with E-state index in [1.165, 1.54) is 0 Å². The molecule has 2 aromatic carbocycles. The maximum atomic E-state index is 13.5. The summed E-state index contributed by atoms with van der Waals surface area (Å²) in [7, 11) is -3.70. The Bertz CT molecular complexity index is 1100. The zero-order valence-corrected chi connectivity index (χ0v) is 16.9. The fourth-order valence-corrected chi connectivity index (χ4v) is 6.04. The van der Waals surface area contributed by atoms with Gasteiger partial charge in [0.2, 0.25) is 15.9 Å². The van der Waals surface area contributed by atoms with E-state index in [9.17, 15) is 13.2 Å². The first kappa shape index (κ1) is 18.4. The normalized spacial score (nSPS) is 23.7. The summed E-state index contributed by atoms with van der Waals surface area (Å²) in [5.74, 6) is 0.892. The number of anilines is 1. The fourth-order valence-electron chi connectivity index (χ4n) is 4.32. The summed E-state index contributed by atoms with van der Waals surface area (Å²) in [6, 6.07) is 10.3. The van der Waals surface area contributed by atoms with Crippen molar-refractivity contribution in [1.82, 2.24) is 4.31 Å². The highest BCUT2D eigenvalue weighted by Crippen LogP contribution is 2.41. The molecular weight excluding hydrogens is 392 g/mol. The largest absolute Gasteiger partial charge is 0.486 e. The maximum Gasteiger partial charge on any atom is 0.243 e. The number of amides is 1. The summed E-state index contributed by atoms with van der Waals surface area (Å²) in [6.07, 6.45) is 1.54. The number of carbonyl (C=O) groups excluding carboxylic acids is 1.